The van der Waals surface area contributed by atoms with E-state index in [0.717, 1.165) is 13.0 Å². The van der Waals surface area contributed by atoms with Gasteiger partial charge in [-0.1, -0.05) is 6.92 Å². The minimum Gasteiger partial charge on any atom is -0.354 e. The molecule has 0 saturated carbocycles. The summed E-state index contributed by atoms with van der Waals surface area (Å²) in [5.74, 6) is -0.0791. The fourth-order valence-electron chi connectivity index (χ4n) is 1.89. The minimum atomic E-state index is -0.598. The van der Waals surface area contributed by atoms with Crippen molar-refractivity contribution in [2.24, 2.45) is 0 Å². The van der Waals surface area contributed by atoms with Gasteiger partial charge in [-0.15, -0.1) is 0 Å². The molecule has 0 unspecified atom stereocenters. The van der Waals surface area contributed by atoms with Gasteiger partial charge in [0.1, 0.15) is 0 Å². The number of hydrogen-bond acceptors (Lipinski definition) is 3. The summed E-state index contributed by atoms with van der Waals surface area (Å²) in [5.41, 5.74) is -0.598. The molecule has 92 valence electrons. The first-order valence-corrected chi connectivity index (χ1v) is 5.78. The van der Waals surface area contributed by atoms with Crippen LogP contribution in [0, 0.1) is 0 Å². The van der Waals surface area contributed by atoms with Crippen molar-refractivity contribution in [2.75, 3.05) is 26.2 Å². The highest BCUT2D eigenvalue weighted by molar-refractivity contribution is 5.90. The fraction of sp³-hybridized carbons (Fsp3) is 0.818. The Bertz CT molecular complexity index is 276. The average molecular weight is 227 g/mol. The lowest BCUT2D eigenvalue weighted by molar-refractivity contribution is -0.140. The van der Waals surface area contributed by atoms with Crippen LogP contribution in [0.2, 0.25) is 0 Å². The van der Waals surface area contributed by atoms with Gasteiger partial charge in [0.2, 0.25) is 11.8 Å². The van der Waals surface area contributed by atoms with Crippen molar-refractivity contribution in [3.8, 4) is 0 Å². The Morgan fingerprint density at radius 2 is 2.25 bits per heavy atom. The summed E-state index contributed by atoms with van der Waals surface area (Å²) < 4.78 is 0. The lowest BCUT2D eigenvalue weighted by Gasteiger charge is -2.31. The number of rotatable bonds is 3. The van der Waals surface area contributed by atoms with Crippen LogP contribution in [0.15, 0.2) is 0 Å². The van der Waals surface area contributed by atoms with Gasteiger partial charge >= 0.3 is 0 Å². The third-order valence-corrected chi connectivity index (χ3v) is 2.70. The number of hydrogen-bond donors (Lipinski definition) is 2. The van der Waals surface area contributed by atoms with E-state index in [-0.39, 0.29) is 18.4 Å². The summed E-state index contributed by atoms with van der Waals surface area (Å²) in [4.78, 5) is 25.2. The molecule has 1 rings (SSSR count). The maximum Gasteiger partial charge on any atom is 0.242 e. The zero-order chi connectivity index (χ0) is 12.2. The second-order valence-electron chi connectivity index (χ2n) is 4.59. The second-order valence-corrected chi connectivity index (χ2v) is 4.59. The van der Waals surface area contributed by atoms with Gasteiger partial charge in [0.05, 0.1) is 12.1 Å². The van der Waals surface area contributed by atoms with E-state index in [4.69, 9.17) is 0 Å². The third kappa shape index (κ3) is 3.20. The Kier molecular flexibility index (Phi) is 4.29. The van der Waals surface area contributed by atoms with Crippen LogP contribution in [-0.2, 0) is 9.59 Å². The van der Waals surface area contributed by atoms with E-state index in [9.17, 15) is 9.59 Å². The molecule has 1 heterocycles. The lowest BCUT2D eigenvalue weighted by atomic mass is 10.0. The van der Waals surface area contributed by atoms with Crippen LogP contribution in [0.25, 0.3) is 0 Å². The van der Waals surface area contributed by atoms with E-state index in [1.807, 2.05) is 20.8 Å². The smallest absolute Gasteiger partial charge is 0.242 e. The van der Waals surface area contributed by atoms with Gasteiger partial charge in [-0.3, -0.25) is 9.59 Å². The van der Waals surface area contributed by atoms with E-state index in [0.29, 0.717) is 13.1 Å². The van der Waals surface area contributed by atoms with Gasteiger partial charge in [-0.25, -0.2) is 0 Å². The van der Waals surface area contributed by atoms with E-state index in [1.165, 1.54) is 0 Å². The maximum absolute atomic E-state index is 12.2. The van der Waals surface area contributed by atoms with Gasteiger partial charge < -0.3 is 15.5 Å². The van der Waals surface area contributed by atoms with Crippen molar-refractivity contribution in [3.05, 3.63) is 0 Å². The molecule has 1 aliphatic heterocycles. The van der Waals surface area contributed by atoms with Crippen molar-refractivity contribution in [1.82, 2.24) is 15.5 Å². The van der Waals surface area contributed by atoms with Crippen LogP contribution < -0.4 is 10.6 Å². The van der Waals surface area contributed by atoms with Crippen molar-refractivity contribution in [1.29, 1.82) is 0 Å². The normalized spacial score (nSPS) is 17.9. The Morgan fingerprint density at radius 3 is 2.88 bits per heavy atom. The highest BCUT2D eigenvalue weighted by Gasteiger charge is 2.32. The molecule has 0 aromatic carbocycles. The molecular weight excluding hydrogens is 206 g/mol. The Balaban J connectivity index is 2.67. The molecule has 0 radical (unpaired) electrons. The van der Waals surface area contributed by atoms with E-state index < -0.39 is 5.54 Å². The van der Waals surface area contributed by atoms with E-state index >= 15 is 0 Å². The summed E-state index contributed by atoms with van der Waals surface area (Å²) >= 11 is 0. The molecule has 0 aromatic heterocycles. The molecule has 0 aromatic rings. The minimum absolute atomic E-state index is 0.00796. The number of nitrogens with one attached hydrogen (secondary N) is 2. The predicted octanol–water partition coefficient (Wildman–Crippen LogP) is -0.277. The van der Waals surface area contributed by atoms with Gasteiger partial charge in [-0.05, 0) is 26.8 Å². The summed E-state index contributed by atoms with van der Waals surface area (Å²) in [6.45, 7) is 7.87. The van der Waals surface area contributed by atoms with Crippen LogP contribution in [0.5, 0.6) is 0 Å². The van der Waals surface area contributed by atoms with Crippen molar-refractivity contribution < 1.29 is 9.59 Å². The zero-order valence-electron chi connectivity index (χ0n) is 10.3. The standard InChI is InChI=1S/C11H21N3O2/c1-4-13-11(2,3)10(16)14-7-5-6-12-9(15)8-14/h13H,4-8H2,1-3H3,(H,12,15). The van der Waals surface area contributed by atoms with Crippen LogP contribution in [-0.4, -0.2) is 48.4 Å². The molecular formula is C11H21N3O2. The number of carbonyl (C=O) groups is 2. The van der Waals surface area contributed by atoms with Gasteiger partial charge in [0.25, 0.3) is 0 Å². The lowest BCUT2D eigenvalue weighted by Crippen LogP contribution is -2.55. The number of nitrogens with zero attached hydrogens (tertiary/aromatic N) is 1. The summed E-state index contributed by atoms with van der Waals surface area (Å²) in [7, 11) is 0. The molecule has 1 fully saturated rings. The Morgan fingerprint density at radius 1 is 1.56 bits per heavy atom. The fourth-order valence-corrected chi connectivity index (χ4v) is 1.89. The molecule has 2 N–H and O–H groups in total. The molecule has 0 atom stereocenters. The first-order valence-electron chi connectivity index (χ1n) is 5.78. The van der Waals surface area contributed by atoms with Crippen LogP contribution >= 0.6 is 0 Å². The first kappa shape index (κ1) is 13.0. The monoisotopic (exact) mass is 227 g/mol. The van der Waals surface area contributed by atoms with E-state index in [1.54, 1.807) is 4.90 Å². The Labute approximate surface area is 96.6 Å². The molecule has 1 saturated heterocycles. The molecule has 16 heavy (non-hydrogen) atoms. The van der Waals surface area contributed by atoms with Crippen molar-refractivity contribution in [2.45, 2.75) is 32.7 Å². The molecule has 5 nitrogen and oxygen atoms in total. The predicted molar refractivity (Wildman–Crippen MR) is 62.0 cm³/mol. The van der Waals surface area contributed by atoms with Crippen LogP contribution in [0.1, 0.15) is 27.2 Å². The molecule has 2 amide bonds. The van der Waals surface area contributed by atoms with Gasteiger partial charge in [-0.2, -0.15) is 0 Å². The van der Waals surface area contributed by atoms with E-state index in [2.05, 4.69) is 10.6 Å². The summed E-state index contributed by atoms with van der Waals surface area (Å²) in [6, 6.07) is 0. The molecule has 5 heteroatoms. The van der Waals surface area contributed by atoms with Crippen molar-refractivity contribution >= 4 is 11.8 Å². The number of carbonyl (C=O) groups excluding carboxylic acids is 2. The molecule has 1 aliphatic rings. The third-order valence-electron chi connectivity index (χ3n) is 2.70. The molecule has 0 bridgehead atoms. The molecule has 0 aliphatic carbocycles. The Hall–Kier alpha value is -1.10. The second kappa shape index (κ2) is 5.30. The van der Waals surface area contributed by atoms with Crippen molar-refractivity contribution in [3.63, 3.8) is 0 Å². The highest BCUT2D eigenvalue weighted by Crippen LogP contribution is 2.09. The topological polar surface area (TPSA) is 61.4 Å². The number of amides is 2. The average Bonchev–Trinajstić information content (AvgIpc) is 2.41. The SMILES string of the molecule is CCNC(C)(C)C(=O)N1CCCNC(=O)C1. The molecule has 0 spiro atoms. The quantitative estimate of drug-likeness (QED) is 0.697. The summed E-state index contributed by atoms with van der Waals surface area (Å²) in [5, 5.41) is 5.89. The van der Waals surface area contributed by atoms with Crippen LogP contribution in [0.4, 0.5) is 0 Å². The van der Waals surface area contributed by atoms with Gasteiger partial charge in [0.15, 0.2) is 0 Å². The maximum atomic E-state index is 12.2. The largest absolute Gasteiger partial charge is 0.354 e. The highest BCUT2D eigenvalue weighted by atomic mass is 16.2. The number of likely N-dealkylation sites (N-methyl/N-ethyl adjacent to an activating group) is 1. The summed E-state index contributed by atoms with van der Waals surface area (Å²) in [6.07, 6.45) is 0.819. The van der Waals surface area contributed by atoms with Crippen LogP contribution in [0.3, 0.4) is 0 Å². The first-order chi connectivity index (χ1) is 7.47. The zero-order valence-corrected chi connectivity index (χ0v) is 10.3. The van der Waals surface area contributed by atoms with Gasteiger partial charge in [0, 0.05) is 13.1 Å².